The molecule has 0 radical (unpaired) electrons. The molecule has 3 aromatic rings. The number of anilines is 2. The van der Waals surface area contributed by atoms with E-state index in [9.17, 15) is 13.6 Å². The van der Waals surface area contributed by atoms with E-state index in [2.05, 4.69) is 20.4 Å². The molecule has 2 aromatic heterocycles. The van der Waals surface area contributed by atoms with Gasteiger partial charge in [0.05, 0.1) is 13.2 Å². The summed E-state index contributed by atoms with van der Waals surface area (Å²) in [6.07, 6.45) is 1.91. The van der Waals surface area contributed by atoms with Crippen molar-refractivity contribution < 1.29 is 23.0 Å². The maximum absolute atomic E-state index is 14.7. The topological polar surface area (TPSA) is 117 Å². The summed E-state index contributed by atoms with van der Waals surface area (Å²) < 4.78 is 41.6. The Hall–Kier alpha value is -3.76. The smallest absolute Gasteiger partial charge is 0.263 e. The van der Waals surface area contributed by atoms with Crippen LogP contribution < -0.4 is 20.5 Å². The average Bonchev–Trinajstić information content (AvgIpc) is 3.53. The van der Waals surface area contributed by atoms with Crippen molar-refractivity contribution in [3.63, 3.8) is 0 Å². The summed E-state index contributed by atoms with van der Waals surface area (Å²) in [6.45, 7) is 3.65. The van der Waals surface area contributed by atoms with Crippen LogP contribution in [0.5, 0.6) is 11.5 Å². The number of nitrogens with two attached hydrogens (primary N) is 1. The minimum Gasteiger partial charge on any atom is -0.494 e. The Bertz CT molecular complexity index is 1250. The molecule has 1 fully saturated rings. The van der Waals surface area contributed by atoms with Gasteiger partial charge in [-0.25, -0.2) is 18.7 Å². The van der Waals surface area contributed by atoms with E-state index in [0.29, 0.717) is 12.3 Å². The van der Waals surface area contributed by atoms with Crippen LogP contribution in [-0.2, 0) is 11.3 Å². The van der Waals surface area contributed by atoms with E-state index >= 15 is 0 Å². The number of fused-ring (bicyclic) bond motifs is 1. The molecule has 1 saturated carbocycles. The van der Waals surface area contributed by atoms with Crippen molar-refractivity contribution in [2.24, 2.45) is 0 Å². The SMILES string of the molecule is CCOc1cc(F)c(Cn2nc(-c3nc(N)c4c(n3)NC(=O)CO4)c(C)c2C2CC2)c(F)c1. The molecule has 1 aliphatic carbocycles. The number of nitrogens with zero attached hydrogens (tertiary/aromatic N) is 4. The molecule has 11 heteroatoms. The molecule has 3 N–H and O–H groups in total. The number of ether oxygens (including phenoxy) is 2. The van der Waals surface area contributed by atoms with Gasteiger partial charge < -0.3 is 20.5 Å². The monoisotopic (exact) mass is 456 g/mol. The zero-order valence-corrected chi connectivity index (χ0v) is 18.1. The Morgan fingerprint density at radius 2 is 2.00 bits per heavy atom. The largest absolute Gasteiger partial charge is 0.494 e. The first kappa shape index (κ1) is 21.1. The Labute approximate surface area is 187 Å². The highest BCUT2D eigenvalue weighted by atomic mass is 19.1. The zero-order chi connectivity index (χ0) is 23.3. The maximum Gasteiger partial charge on any atom is 0.263 e. The van der Waals surface area contributed by atoms with Crippen molar-refractivity contribution in [2.75, 3.05) is 24.3 Å². The minimum atomic E-state index is -0.705. The number of hydrogen-bond donors (Lipinski definition) is 2. The predicted molar refractivity (Wildman–Crippen MR) is 115 cm³/mol. The second-order valence-electron chi connectivity index (χ2n) is 8.04. The molecule has 2 aliphatic rings. The van der Waals surface area contributed by atoms with Crippen molar-refractivity contribution in [2.45, 2.75) is 39.2 Å². The summed E-state index contributed by atoms with van der Waals surface area (Å²) in [5.41, 5.74) is 8.01. The average molecular weight is 456 g/mol. The fraction of sp³-hybridized carbons (Fsp3) is 0.364. The summed E-state index contributed by atoms with van der Waals surface area (Å²) in [5, 5.41) is 7.22. The maximum atomic E-state index is 14.7. The van der Waals surface area contributed by atoms with Crippen LogP contribution in [0.4, 0.5) is 20.4 Å². The van der Waals surface area contributed by atoms with E-state index in [4.69, 9.17) is 15.2 Å². The zero-order valence-electron chi connectivity index (χ0n) is 18.1. The molecule has 0 unspecified atom stereocenters. The van der Waals surface area contributed by atoms with Crippen LogP contribution >= 0.6 is 0 Å². The van der Waals surface area contributed by atoms with Gasteiger partial charge in [0.25, 0.3) is 5.91 Å². The van der Waals surface area contributed by atoms with Gasteiger partial charge in [0.1, 0.15) is 23.1 Å². The van der Waals surface area contributed by atoms with Crippen LogP contribution in [0.15, 0.2) is 12.1 Å². The highest BCUT2D eigenvalue weighted by Crippen LogP contribution is 2.44. The van der Waals surface area contributed by atoms with E-state index in [1.165, 1.54) is 12.1 Å². The number of carbonyl (C=O) groups excluding carboxylic acids is 1. The number of rotatable bonds is 6. The second kappa shape index (κ2) is 7.98. The summed E-state index contributed by atoms with van der Waals surface area (Å²) in [4.78, 5) is 20.4. The Kier molecular flexibility index (Phi) is 5.10. The molecule has 0 spiro atoms. The van der Waals surface area contributed by atoms with Gasteiger partial charge in [-0.15, -0.1) is 0 Å². The lowest BCUT2D eigenvalue weighted by Gasteiger charge is -2.18. The van der Waals surface area contributed by atoms with Crippen LogP contribution in [0.3, 0.4) is 0 Å². The van der Waals surface area contributed by atoms with Gasteiger partial charge in [-0.3, -0.25) is 9.48 Å². The van der Waals surface area contributed by atoms with E-state index in [1.54, 1.807) is 11.6 Å². The Morgan fingerprint density at radius 3 is 2.67 bits per heavy atom. The predicted octanol–water partition coefficient (Wildman–Crippen LogP) is 3.16. The highest BCUT2D eigenvalue weighted by molar-refractivity contribution is 5.95. The van der Waals surface area contributed by atoms with Crippen molar-refractivity contribution >= 4 is 17.5 Å². The summed E-state index contributed by atoms with van der Waals surface area (Å²) in [7, 11) is 0. The molecular formula is C22H22F2N6O3. The number of aromatic nitrogens is 4. The molecule has 0 atom stereocenters. The first-order valence-corrected chi connectivity index (χ1v) is 10.6. The molecule has 9 nitrogen and oxygen atoms in total. The molecule has 0 saturated heterocycles. The highest BCUT2D eigenvalue weighted by Gasteiger charge is 2.33. The van der Waals surface area contributed by atoms with Gasteiger partial charge in [-0.1, -0.05) is 0 Å². The number of halogens is 2. The first-order valence-electron chi connectivity index (χ1n) is 10.6. The quantitative estimate of drug-likeness (QED) is 0.585. The number of amides is 1. The third-order valence-electron chi connectivity index (χ3n) is 5.64. The standard InChI is InChI=1S/C22H22F2N6O3/c1-3-32-12-6-14(23)13(15(24)7-12)8-30-18(11-4-5-11)10(2)17(29-30)21-27-20(25)19-22(28-21)26-16(31)9-33-19/h6-7,11H,3-5,8-9H2,1-2H3,(H3,25,26,27,28,31). The van der Waals surface area contributed by atoms with Crippen molar-refractivity contribution in [1.29, 1.82) is 0 Å². The lowest BCUT2D eigenvalue weighted by Crippen LogP contribution is -2.27. The number of carbonyl (C=O) groups is 1. The second-order valence-corrected chi connectivity index (χ2v) is 8.04. The molecule has 1 aliphatic heterocycles. The lowest BCUT2D eigenvalue weighted by atomic mass is 10.1. The Balaban J connectivity index is 1.56. The van der Waals surface area contributed by atoms with Gasteiger partial charge in [0.15, 0.2) is 24.1 Å². The Morgan fingerprint density at radius 1 is 1.27 bits per heavy atom. The lowest BCUT2D eigenvalue weighted by molar-refractivity contribution is -0.118. The van der Waals surface area contributed by atoms with Crippen molar-refractivity contribution in [3.05, 3.63) is 40.6 Å². The summed E-state index contributed by atoms with van der Waals surface area (Å²) in [6, 6.07) is 2.35. The van der Waals surface area contributed by atoms with Crippen LogP contribution in [0.2, 0.25) is 0 Å². The molecule has 3 heterocycles. The molecular weight excluding hydrogens is 434 g/mol. The van der Waals surface area contributed by atoms with E-state index in [0.717, 1.165) is 24.1 Å². The van der Waals surface area contributed by atoms with Crippen LogP contribution in [-0.4, -0.2) is 38.9 Å². The first-order chi connectivity index (χ1) is 15.9. The van der Waals surface area contributed by atoms with Gasteiger partial charge in [-0.05, 0) is 26.7 Å². The van der Waals surface area contributed by atoms with Crippen LogP contribution in [0, 0.1) is 18.6 Å². The molecule has 33 heavy (non-hydrogen) atoms. The van der Waals surface area contributed by atoms with Gasteiger partial charge in [0.2, 0.25) is 5.75 Å². The number of benzene rings is 1. The van der Waals surface area contributed by atoms with E-state index in [-0.39, 0.29) is 59.5 Å². The fourth-order valence-corrected chi connectivity index (χ4v) is 4.01. The third kappa shape index (κ3) is 3.83. The van der Waals surface area contributed by atoms with Gasteiger partial charge >= 0.3 is 0 Å². The molecule has 1 amide bonds. The number of nitrogens with one attached hydrogen (secondary N) is 1. The van der Waals surface area contributed by atoms with Gasteiger partial charge in [-0.2, -0.15) is 5.10 Å². The molecule has 172 valence electrons. The fourth-order valence-electron chi connectivity index (χ4n) is 4.01. The normalized spacial score (nSPS) is 15.1. The third-order valence-corrected chi connectivity index (χ3v) is 5.64. The van der Waals surface area contributed by atoms with Crippen molar-refractivity contribution in [1.82, 2.24) is 19.7 Å². The number of nitrogen functional groups attached to an aromatic ring is 1. The molecule has 5 rings (SSSR count). The van der Waals surface area contributed by atoms with Crippen LogP contribution in [0.25, 0.3) is 11.5 Å². The minimum absolute atomic E-state index is 0.0699. The molecule has 1 aromatic carbocycles. The summed E-state index contributed by atoms with van der Waals surface area (Å²) in [5.74, 6) is -0.753. The van der Waals surface area contributed by atoms with Crippen molar-refractivity contribution in [3.8, 4) is 23.0 Å². The van der Waals surface area contributed by atoms with E-state index in [1.807, 2.05) is 6.92 Å². The summed E-state index contributed by atoms with van der Waals surface area (Å²) >= 11 is 0. The number of hydrogen-bond acceptors (Lipinski definition) is 7. The van der Waals surface area contributed by atoms with E-state index < -0.39 is 11.6 Å². The van der Waals surface area contributed by atoms with Crippen LogP contribution in [0.1, 0.15) is 42.5 Å². The van der Waals surface area contributed by atoms with Gasteiger partial charge in [0, 0.05) is 34.9 Å². The molecule has 0 bridgehead atoms.